The number of ether oxygens (including phenoxy) is 1. The summed E-state index contributed by atoms with van der Waals surface area (Å²) in [5.74, 6) is 0.851. The molecule has 0 saturated carbocycles. The quantitative estimate of drug-likeness (QED) is 0.593. The Morgan fingerprint density at radius 1 is 0.947 bits per heavy atom. The molecule has 0 aliphatic rings. The van der Waals surface area contributed by atoms with Crippen LogP contribution >= 0.6 is 0 Å². The van der Waals surface area contributed by atoms with Crippen LogP contribution in [0.1, 0.15) is 58.3 Å². The van der Waals surface area contributed by atoms with Gasteiger partial charge in [0, 0.05) is 0 Å². The van der Waals surface area contributed by atoms with Crippen molar-refractivity contribution in [1.82, 2.24) is 0 Å². The van der Waals surface area contributed by atoms with Crippen LogP contribution < -0.4 is 4.74 Å². The van der Waals surface area contributed by atoms with Gasteiger partial charge < -0.3 is 9.84 Å². The van der Waals surface area contributed by atoms with Crippen LogP contribution in [0.5, 0.6) is 5.75 Å². The first-order valence-electron chi connectivity index (χ1n) is 7.69. The number of aliphatic hydroxyl groups excluding tert-OH is 1. The van der Waals surface area contributed by atoms with Crippen LogP contribution in [0.15, 0.2) is 30.3 Å². The second-order valence-electron chi connectivity index (χ2n) is 5.15. The van der Waals surface area contributed by atoms with Gasteiger partial charge in [0.2, 0.25) is 0 Å². The SMILES string of the molecule is CCCCCCCCCC(CO)Oc1ccccc1. The van der Waals surface area contributed by atoms with Gasteiger partial charge in [0.15, 0.2) is 0 Å². The first-order valence-corrected chi connectivity index (χ1v) is 7.69. The number of benzene rings is 1. The maximum absolute atomic E-state index is 9.34. The van der Waals surface area contributed by atoms with E-state index in [1.807, 2.05) is 30.3 Å². The van der Waals surface area contributed by atoms with Gasteiger partial charge in [-0.1, -0.05) is 63.6 Å². The van der Waals surface area contributed by atoms with Crippen molar-refractivity contribution in [3.8, 4) is 5.75 Å². The summed E-state index contributed by atoms with van der Waals surface area (Å²) < 4.78 is 5.76. The van der Waals surface area contributed by atoms with Crippen molar-refractivity contribution in [3.05, 3.63) is 30.3 Å². The van der Waals surface area contributed by atoms with E-state index in [9.17, 15) is 5.11 Å². The molecule has 108 valence electrons. The molecular weight excluding hydrogens is 236 g/mol. The fraction of sp³-hybridized carbons (Fsp3) is 0.647. The van der Waals surface area contributed by atoms with Gasteiger partial charge in [0.25, 0.3) is 0 Å². The molecule has 1 unspecified atom stereocenters. The smallest absolute Gasteiger partial charge is 0.122 e. The summed E-state index contributed by atoms with van der Waals surface area (Å²) in [6.45, 7) is 2.34. The van der Waals surface area contributed by atoms with E-state index in [2.05, 4.69) is 6.92 Å². The van der Waals surface area contributed by atoms with Gasteiger partial charge >= 0.3 is 0 Å². The van der Waals surface area contributed by atoms with Gasteiger partial charge in [0.1, 0.15) is 11.9 Å². The third-order valence-corrected chi connectivity index (χ3v) is 3.38. The zero-order valence-electron chi connectivity index (χ0n) is 12.2. The molecule has 1 aromatic carbocycles. The molecule has 1 aromatic rings. The molecule has 0 saturated heterocycles. The van der Waals surface area contributed by atoms with Gasteiger partial charge in [0.05, 0.1) is 6.61 Å². The summed E-state index contributed by atoms with van der Waals surface area (Å²) in [6.07, 6.45) is 9.95. The second kappa shape index (κ2) is 10.9. The molecule has 1 atom stereocenters. The topological polar surface area (TPSA) is 29.5 Å². The fourth-order valence-corrected chi connectivity index (χ4v) is 2.21. The number of unbranched alkanes of at least 4 members (excludes halogenated alkanes) is 6. The molecule has 0 fully saturated rings. The summed E-state index contributed by atoms with van der Waals surface area (Å²) in [5.41, 5.74) is 0. The highest BCUT2D eigenvalue weighted by Crippen LogP contribution is 2.15. The van der Waals surface area contributed by atoms with Gasteiger partial charge in [-0.3, -0.25) is 0 Å². The molecule has 0 aromatic heterocycles. The largest absolute Gasteiger partial charge is 0.488 e. The molecule has 2 nitrogen and oxygen atoms in total. The number of hydrogen-bond acceptors (Lipinski definition) is 2. The molecule has 0 aliphatic carbocycles. The molecule has 0 bridgehead atoms. The van der Waals surface area contributed by atoms with Gasteiger partial charge in [-0.25, -0.2) is 0 Å². The molecular formula is C17H28O2. The van der Waals surface area contributed by atoms with E-state index in [4.69, 9.17) is 4.74 Å². The summed E-state index contributed by atoms with van der Waals surface area (Å²) in [4.78, 5) is 0. The molecule has 1 rings (SSSR count). The maximum atomic E-state index is 9.34. The van der Waals surface area contributed by atoms with Crippen LogP contribution in [0.4, 0.5) is 0 Å². The van der Waals surface area contributed by atoms with Crippen LogP contribution in [-0.4, -0.2) is 17.8 Å². The molecule has 0 aliphatic heterocycles. The third-order valence-electron chi connectivity index (χ3n) is 3.38. The Labute approximate surface area is 117 Å². The number of para-hydroxylation sites is 1. The minimum Gasteiger partial charge on any atom is -0.488 e. The van der Waals surface area contributed by atoms with E-state index >= 15 is 0 Å². The lowest BCUT2D eigenvalue weighted by Crippen LogP contribution is -2.20. The van der Waals surface area contributed by atoms with Crippen LogP contribution in [0, 0.1) is 0 Å². The van der Waals surface area contributed by atoms with E-state index in [-0.39, 0.29) is 12.7 Å². The highest BCUT2D eigenvalue weighted by molar-refractivity contribution is 5.21. The van der Waals surface area contributed by atoms with E-state index in [0.717, 1.165) is 18.6 Å². The monoisotopic (exact) mass is 264 g/mol. The van der Waals surface area contributed by atoms with Crippen molar-refractivity contribution in [2.75, 3.05) is 6.61 Å². The zero-order chi connectivity index (χ0) is 13.8. The lowest BCUT2D eigenvalue weighted by atomic mass is 10.1. The predicted octanol–water partition coefficient (Wildman–Crippen LogP) is 4.57. The maximum Gasteiger partial charge on any atom is 0.122 e. The molecule has 0 heterocycles. The van der Waals surface area contributed by atoms with Gasteiger partial charge in [-0.2, -0.15) is 0 Å². The second-order valence-corrected chi connectivity index (χ2v) is 5.15. The average molecular weight is 264 g/mol. The minimum atomic E-state index is -0.0574. The zero-order valence-corrected chi connectivity index (χ0v) is 12.2. The standard InChI is InChI=1S/C17H28O2/c1-2-3-4-5-6-7-9-14-17(15-18)19-16-12-10-8-11-13-16/h8,10-13,17-18H,2-7,9,14-15H2,1H3. The molecule has 0 spiro atoms. The van der Waals surface area contributed by atoms with E-state index in [0.29, 0.717) is 0 Å². The Kier molecular flexibility index (Phi) is 9.17. The third kappa shape index (κ3) is 7.89. The number of rotatable bonds is 11. The van der Waals surface area contributed by atoms with Crippen molar-refractivity contribution in [2.24, 2.45) is 0 Å². The van der Waals surface area contributed by atoms with Gasteiger partial charge in [-0.15, -0.1) is 0 Å². The van der Waals surface area contributed by atoms with Crippen molar-refractivity contribution in [3.63, 3.8) is 0 Å². The van der Waals surface area contributed by atoms with E-state index < -0.39 is 0 Å². The average Bonchev–Trinajstić information content (AvgIpc) is 2.46. The number of hydrogen-bond donors (Lipinski definition) is 1. The van der Waals surface area contributed by atoms with Crippen LogP contribution in [-0.2, 0) is 0 Å². The molecule has 19 heavy (non-hydrogen) atoms. The predicted molar refractivity (Wildman–Crippen MR) is 80.6 cm³/mol. The Balaban J connectivity index is 2.09. The summed E-state index contributed by atoms with van der Waals surface area (Å²) in [7, 11) is 0. The molecule has 0 amide bonds. The van der Waals surface area contributed by atoms with Crippen molar-refractivity contribution >= 4 is 0 Å². The van der Waals surface area contributed by atoms with Crippen molar-refractivity contribution < 1.29 is 9.84 Å². The molecule has 2 heteroatoms. The molecule has 1 N–H and O–H groups in total. The Morgan fingerprint density at radius 3 is 2.21 bits per heavy atom. The lowest BCUT2D eigenvalue weighted by Gasteiger charge is -2.16. The van der Waals surface area contributed by atoms with Crippen molar-refractivity contribution in [2.45, 2.75) is 64.4 Å². The highest BCUT2D eigenvalue weighted by Gasteiger charge is 2.08. The van der Waals surface area contributed by atoms with Crippen LogP contribution in [0.3, 0.4) is 0 Å². The lowest BCUT2D eigenvalue weighted by molar-refractivity contribution is 0.106. The highest BCUT2D eigenvalue weighted by atomic mass is 16.5. The summed E-state index contributed by atoms with van der Waals surface area (Å²) in [5, 5.41) is 9.34. The van der Waals surface area contributed by atoms with Crippen LogP contribution in [0.2, 0.25) is 0 Å². The number of aliphatic hydroxyl groups is 1. The molecule has 0 radical (unpaired) electrons. The summed E-state index contributed by atoms with van der Waals surface area (Å²) >= 11 is 0. The Morgan fingerprint density at radius 2 is 1.58 bits per heavy atom. The first kappa shape index (κ1) is 16.0. The summed E-state index contributed by atoms with van der Waals surface area (Å²) in [6, 6.07) is 9.76. The van der Waals surface area contributed by atoms with Crippen molar-refractivity contribution in [1.29, 1.82) is 0 Å². The minimum absolute atomic E-state index is 0.0574. The van der Waals surface area contributed by atoms with E-state index in [1.54, 1.807) is 0 Å². The van der Waals surface area contributed by atoms with E-state index in [1.165, 1.54) is 38.5 Å². The van der Waals surface area contributed by atoms with Gasteiger partial charge in [-0.05, 0) is 25.0 Å². The normalized spacial score (nSPS) is 12.3. The van der Waals surface area contributed by atoms with Crippen LogP contribution in [0.25, 0.3) is 0 Å². The fourth-order valence-electron chi connectivity index (χ4n) is 2.21. The Bertz CT molecular complexity index is 297. The first-order chi connectivity index (χ1) is 9.36. The Hall–Kier alpha value is -1.02.